The van der Waals surface area contributed by atoms with Gasteiger partial charge in [0.05, 0.1) is 11.8 Å². The smallest absolute Gasteiger partial charge is 0.308 e. The summed E-state index contributed by atoms with van der Waals surface area (Å²) in [6.45, 7) is 2.47. The first-order chi connectivity index (χ1) is 8.58. The molecule has 18 heavy (non-hydrogen) atoms. The van der Waals surface area contributed by atoms with Crippen LogP contribution in [0, 0.1) is 11.8 Å². The molecule has 2 N–H and O–H groups in total. The minimum atomic E-state index is -0.774. The summed E-state index contributed by atoms with van der Waals surface area (Å²) in [5.74, 6) is -0.908. The lowest BCUT2D eigenvalue weighted by Gasteiger charge is -2.29. The fraction of sp³-hybridized carbons (Fsp3) is 0.846. The third-order valence-corrected chi connectivity index (χ3v) is 4.97. The summed E-state index contributed by atoms with van der Waals surface area (Å²) < 4.78 is 0. The number of aliphatic carboxylic acids is 1. The fourth-order valence-electron chi connectivity index (χ4n) is 3.89. The predicted molar refractivity (Wildman–Crippen MR) is 65.0 cm³/mol. The molecule has 3 aliphatic heterocycles. The van der Waals surface area contributed by atoms with Crippen molar-refractivity contribution in [1.29, 1.82) is 0 Å². The van der Waals surface area contributed by atoms with E-state index in [2.05, 4.69) is 5.32 Å². The topological polar surface area (TPSA) is 69.6 Å². The van der Waals surface area contributed by atoms with Crippen molar-refractivity contribution in [3.05, 3.63) is 0 Å². The lowest BCUT2D eigenvalue weighted by molar-refractivity contribution is -0.143. The van der Waals surface area contributed by atoms with Crippen molar-refractivity contribution in [3.63, 3.8) is 0 Å². The van der Waals surface area contributed by atoms with Crippen LogP contribution in [-0.4, -0.2) is 46.6 Å². The molecule has 3 fully saturated rings. The summed E-state index contributed by atoms with van der Waals surface area (Å²) in [5, 5.41) is 12.6. The Morgan fingerprint density at radius 2 is 2.00 bits per heavy atom. The van der Waals surface area contributed by atoms with Gasteiger partial charge in [0.25, 0.3) is 0 Å². The predicted octanol–water partition coefficient (Wildman–Crippen LogP) is 0.449. The van der Waals surface area contributed by atoms with Gasteiger partial charge in [-0.05, 0) is 32.6 Å². The summed E-state index contributed by atoms with van der Waals surface area (Å²) in [5.41, 5.74) is 0. The van der Waals surface area contributed by atoms with Crippen LogP contribution in [0.1, 0.15) is 32.6 Å². The molecule has 0 aromatic carbocycles. The average molecular weight is 252 g/mol. The van der Waals surface area contributed by atoms with Crippen LogP contribution in [0.25, 0.3) is 0 Å². The van der Waals surface area contributed by atoms with E-state index in [1.54, 1.807) is 4.90 Å². The Balaban J connectivity index is 1.69. The van der Waals surface area contributed by atoms with Gasteiger partial charge in [0, 0.05) is 24.7 Å². The molecule has 0 aromatic heterocycles. The highest BCUT2D eigenvalue weighted by Gasteiger charge is 2.47. The number of fused-ring (bicyclic) bond motifs is 2. The van der Waals surface area contributed by atoms with Gasteiger partial charge in [-0.25, -0.2) is 0 Å². The number of likely N-dealkylation sites (tertiary alicyclic amines) is 1. The third kappa shape index (κ3) is 1.72. The summed E-state index contributed by atoms with van der Waals surface area (Å²) in [6.07, 6.45) is 3.80. The van der Waals surface area contributed by atoms with E-state index >= 15 is 0 Å². The molecule has 5 atom stereocenters. The van der Waals surface area contributed by atoms with Gasteiger partial charge in [-0.15, -0.1) is 0 Å². The number of rotatable bonds is 2. The van der Waals surface area contributed by atoms with Crippen LogP contribution in [0.5, 0.6) is 0 Å². The van der Waals surface area contributed by atoms with E-state index in [9.17, 15) is 9.59 Å². The number of hydrogen-bond donors (Lipinski definition) is 2. The molecule has 3 saturated heterocycles. The van der Waals surface area contributed by atoms with E-state index in [-0.39, 0.29) is 23.8 Å². The maximum atomic E-state index is 12.5. The van der Waals surface area contributed by atoms with E-state index in [4.69, 9.17) is 5.11 Å². The molecule has 3 aliphatic rings. The van der Waals surface area contributed by atoms with Gasteiger partial charge in [-0.2, -0.15) is 0 Å². The Hall–Kier alpha value is -1.10. The van der Waals surface area contributed by atoms with Gasteiger partial charge in [0.1, 0.15) is 0 Å². The number of carboxylic acid groups (broad SMARTS) is 1. The van der Waals surface area contributed by atoms with Crippen LogP contribution in [0.15, 0.2) is 0 Å². The second-order valence-corrected chi connectivity index (χ2v) is 5.90. The zero-order valence-electron chi connectivity index (χ0n) is 10.6. The van der Waals surface area contributed by atoms with Crippen LogP contribution in [0.3, 0.4) is 0 Å². The molecule has 3 rings (SSSR count). The lowest BCUT2D eigenvalue weighted by atomic mass is 9.88. The SMILES string of the molecule is CC1C(C(=O)O)CCN1C(=O)C1CC2CCC1N2. The Morgan fingerprint density at radius 1 is 1.22 bits per heavy atom. The zero-order valence-corrected chi connectivity index (χ0v) is 10.6. The lowest BCUT2D eigenvalue weighted by Crippen LogP contribution is -2.44. The second kappa shape index (κ2) is 4.23. The van der Waals surface area contributed by atoms with Crippen LogP contribution in [0.4, 0.5) is 0 Å². The van der Waals surface area contributed by atoms with E-state index in [1.165, 1.54) is 6.42 Å². The molecule has 5 nitrogen and oxygen atoms in total. The molecular weight excluding hydrogens is 232 g/mol. The first-order valence-electron chi connectivity index (χ1n) is 6.87. The quantitative estimate of drug-likeness (QED) is 0.748. The Bertz CT molecular complexity index is 384. The standard InChI is InChI=1S/C13H20N2O3/c1-7-9(13(17)18)4-5-15(7)12(16)10-6-8-2-3-11(10)14-8/h7-11,14H,2-6H2,1H3,(H,17,18). The highest BCUT2D eigenvalue weighted by Crippen LogP contribution is 2.36. The minimum absolute atomic E-state index is 0.0822. The summed E-state index contributed by atoms with van der Waals surface area (Å²) >= 11 is 0. The molecule has 0 spiro atoms. The van der Waals surface area contributed by atoms with E-state index in [0.29, 0.717) is 25.0 Å². The summed E-state index contributed by atoms with van der Waals surface area (Å²) in [6, 6.07) is 0.685. The van der Waals surface area contributed by atoms with Crippen LogP contribution in [0.2, 0.25) is 0 Å². The van der Waals surface area contributed by atoms with Gasteiger partial charge in [0.2, 0.25) is 5.91 Å². The van der Waals surface area contributed by atoms with Crippen molar-refractivity contribution in [2.24, 2.45) is 11.8 Å². The maximum Gasteiger partial charge on any atom is 0.308 e. The molecule has 1 amide bonds. The summed E-state index contributed by atoms with van der Waals surface area (Å²) in [4.78, 5) is 25.4. The van der Waals surface area contributed by atoms with Crippen LogP contribution >= 0.6 is 0 Å². The van der Waals surface area contributed by atoms with E-state index in [0.717, 1.165) is 12.8 Å². The third-order valence-electron chi connectivity index (χ3n) is 4.97. The number of carboxylic acids is 1. The van der Waals surface area contributed by atoms with Crippen molar-refractivity contribution in [1.82, 2.24) is 10.2 Å². The first-order valence-corrected chi connectivity index (χ1v) is 6.87. The van der Waals surface area contributed by atoms with Crippen LogP contribution in [-0.2, 0) is 9.59 Å². The Morgan fingerprint density at radius 3 is 2.50 bits per heavy atom. The Kier molecular flexibility index (Phi) is 2.81. The highest BCUT2D eigenvalue weighted by molar-refractivity contribution is 5.82. The van der Waals surface area contributed by atoms with Gasteiger partial charge < -0.3 is 15.3 Å². The van der Waals surface area contributed by atoms with Crippen molar-refractivity contribution in [3.8, 4) is 0 Å². The molecule has 0 aliphatic carbocycles. The number of amides is 1. The normalized spacial score (nSPS) is 42.5. The number of carbonyl (C=O) groups is 2. The second-order valence-electron chi connectivity index (χ2n) is 5.90. The molecule has 0 radical (unpaired) electrons. The van der Waals surface area contributed by atoms with E-state index < -0.39 is 5.97 Å². The van der Waals surface area contributed by atoms with Crippen molar-refractivity contribution in [2.75, 3.05) is 6.54 Å². The summed E-state index contributed by atoms with van der Waals surface area (Å²) in [7, 11) is 0. The maximum absolute atomic E-state index is 12.5. The minimum Gasteiger partial charge on any atom is -0.481 e. The molecular formula is C13H20N2O3. The Labute approximate surface area is 107 Å². The van der Waals surface area contributed by atoms with Gasteiger partial charge in [-0.3, -0.25) is 9.59 Å². The fourth-order valence-corrected chi connectivity index (χ4v) is 3.89. The molecule has 3 heterocycles. The van der Waals surface area contributed by atoms with Crippen LogP contribution < -0.4 is 5.32 Å². The average Bonchev–Trinajstić information content (AvgIpc) is 3.01. The number of hydrogen-bond acceptors (Lipinski definition) is 3. The largest absolute Gasteiger partial charge is 0.481 e. The highest BCUT2D eigenvalue weighted by atomic mass is 16.4. The number of nitrogens with one attached hydrogen (secondary N) is 1. The molecule has 2 bridgehead atoms. The van der Waals surface area contributed by atoms with Gasteiger partial charge in [-0.1, -0.05) is 0 Å². The first kappa shape index (κ1) is 12.0. The number of nitrogens with zero attached hydrogens (tertiary/aromatic N) is 1. The van der Waals surface area contributed by atoms with E-state index in [1.807, 2.05) is 6.92 Å². The van der Waals surface area contributed by atoms with Crippen molar-refractivity contribution >= 4 is 11.9 Å². The van der Waals surface area contributed by atoms with Crippen molar-refractivity contribution in [2.45, 2.75) is 50.7 Å². The monoisotopic (exact) mass is 252 g/mol. The molecule has 100 valence electrons. The molecule has 5 unspecified atom stereocenters. The zero-order chi connectivity index (χ0) is 12.9. The molecule has 0 saturated carbocycles. The number of carbonyl (C=O) groups excluding carboxylic acids is 1. The molecule has 5 heteroatoms. The molecule has 0 aromatic rings. The van der Waals surface area contributed by atoms with Gasteiger partial charge >= 0.3 is 5.97 Å². The van der Waals surface area contributed by atoms with Gasteiger partial charge in [0.15, 0.2) is 0 Å². The van der Waals surface area contributed by atoms with Crippen molar-refractivity contribution < 1.29 is 14.7 Å².